The smallest absolute Gasteiger partial charge is 0.253 e. The molecule has 1 fully saturated rings. The number of halogens is 1. The van der Waals surface area contributed by atoms with E-state index < -0.39 is 5.91 Å². The number of aromatic nitrogens is 2. The van der Waals surface area contributed by atoms with Crippen LogP contribution in [0, 0.1) is 0 Å². The molecule has 0 aliphatic carbocycles. The molecule has 2 aromatic heterocycles. The van der Waals surface area contributed by atoms with Crippen LogP contribution in [0.3, 0.4) is 0 Å². The second-order valence-corrected chi connectivity index (χ2v) is 7.70. The van der Waals surface area contributed by atoms with E-state index in [1.807, 2.05) is 24.3 Å². The molecule has 0 radical (unpaired) electrons. The number of rotatable bonds is 6. The predicted molar refractivity (Wildman–Crippen MR) is 113 cm³/mol. The maximum Gasteiger partial charge on any atom is 0.253 e. The normalized spacial score (nSPS) is 15.8. The summed E-state index contributed by atoms with van der Waals surface area (Å²) in [5.41, 5.74) is 1.12. The summed E-state index contributed by atoms with van der Waals surface area (Å²) in [6.45, 7) is 0.396. The largest absolute Gasteiger partial charge is 0.506 e. The van der Waals surface area contributed by atoms with E-state index in [-0.39, 0.29) is 29.8 Å². The fourth-order valence-corrected chi connectivity index (χ4v) is 3.82. The van der Waals surface area contributed by atoms with Gasteiger partial charge in [-0.2, -0.15) is 0 Å². The Hall–Kier alpha value is -3.39. The number of likely N-dealkylation sites (tertiary alicyclic amines) is 1. The van der Waals surface area contributed by atoms with Gasteiger partial charge in [-0.1, -0.05) is 29.8 Å². The summed E-state index contributed by atoms with van der Waals surface area (Å²) in [5.74, 6) is 0.332. The van der Waals surface area contributed by atoms with Crippen molar-refractivity contribution in [3.8, 4) is 5.75 Å². The Morgan fingerprint density at radius 3 is 2.90 bits per heavy atom. The summed E-state index contributed by atoms with van der Waals surface area (Å²) in [6, 6.07) is 8.56. The second-order valence-electron chi connectivity index (χ2n) is 7.29. The molecule has 4 rings (SSSR count). The Kier molecular flexibility index (Phi) is 6.18. The number of nitrogens with one attached hydrogen (secondary N) is 1. The van der Waals surface area contributed by atoms with E-state index in [0.29, 0.717) is 29.6 Å². The third-order valence-electron chi connectivity index (χ3n) is 5.14. The van der Waals surface area contributed by atoms with Crippen LogP contribution in [-0.4, -0.2) is 44.9 Å². The monoisotopic (exact) mass is 440 g/mol. The van der Waals surface area contributed by atoms with Crippen LogP contribution in [0.25, 0.3) is 0 Å². The zero-order valence-electron chi connectivity index (χ0n) is 16.6. The first-order valence-corrected chi connectivity index (χ1v) is 10.3. The number of aromatic hydroxyl groups is 1. The molecular formula is C22H21ClN4O4. The molecule has 1 aliphatic rings. The van der Waals surface area contributed by atoms with Crippen molar-refractivity contribution >= 4 is 23.4 Å². The number of benzene rings is 1. The molecule has 160 valence electrons. The van der Waals surface area contributed by atoms with Crippen molar-refractivity contribution in [3.05, 3.63) is 76.7 Å². The van der Waals surface area contributed by atoms with Crippen LogP contribution in [0.5, 0.6) is 5.75 Å². The van der Waals surface area contributed by atoms with E-state index >= 15 is 0 Å². The number of hydrogen-bond acceptors (Lipinski definition) is 6. The van der Waals surface area contributed by atoms with Gasteiger partial charge in [0.15, 0.2) is 0 Å². The Labute approximate surface area is 183 Å². The highest BCUT2D eigenvalue weighted by Crippen LogP contribution is 2.32. The summed E-state index contributed by atoms with van der Waals surface area (Å²) in [6.07, 6.45) is 6.29. The zero-order valence-corrected chi connectivity index (χ0v) is 17.4. The Morgan fingerprint density at radius 2 is 2.10 bits per heavy atom. The molecule has 3 heterocycles. The molecule has 0 bridgehead atoms. The molecule has 2 N–H and O–H groups in total. The van der Waals surface area contributed by atoms with Crippen molar-refractivity contribution in [3.63, 3.8) is 0 Å². The summed E-state index contributed by atoms with van der Waals surface area (Å²) < 4.78 is 5.93. The van der Waals surface area contributed by atoms with Gasteiger partial charge in [-0.3, -0.25) is 14.6 Å². The van der Waals surface area contributed by atoms with E-state index in [1.54, 1.807) is 11.1 Å². The summed E-state index contributed by atoms with van der Waals surface area (Å²) in [4.78, 5) is 34.8. The first-order chi connectivity index (χ1) is 15.0. The molecule has 0 saturated carbocycles. The zero-order chi connectivity index (χ0) is 21.8. The van der Waals surface area contributed by atoms with Crippen molar-refractivity contribution < 1.29 is 19.1 Å². The number of nitrogens with zero attached hydrogens (tertiary/aromatic N) is 3. The second kappa shape index (κ2) is 9.18. The highest BCUT2D eigenvalue weighted by Gasteiger charge is 2.33. The van der Waals surface area contributed by atoms with Crippen molar-refractivity contribution in [1.29, 1.82) is 0 Å². The minimum Gasteiger partial charge on any atom is -0.506 e. The van der Waals surface area contributed by atoms with Crippen molar-refractivity contribution in [2.75, 3.05) is 13.1 Å². The van der Waals surface area contributed by atoms with E-state index in [2.05, 4.69) is 15.3 Å². The third kappa shape index (κ3) is 4.86. The van der Waals surface area contributed by atoms with Crippen molar-refractivity contribution in [1.82, 2.24) is 20.2 Å². The lowest BCUT2D eigenvalue weighted by Gasteiger charge is -2.22. The molecular weight excluding hydrogens is 420 g/mol. The summed E-state index contributed by atoms with van der Waals surface area (Å²) >= 11 is 6.22. The molecule has 1 aromatic carbocycles. The maximum atomic E-state index is 12.7. The van der Waals surface area contributed by atoms with Gasteiger partial charge in [0.05, 0.1) is 24.5 Å². The molecule has 9 heteroatoms. The summed E-state index contributed by atoms with van der Waals surface area (Å²) in [7, 11) is 0. The van der Waals surface area contributed by atoms with Crippen LogP contribution in [0.1, 0.15) is 46.5 Å². The van der Waals surface area contributed by atoms with Gasteiger partial charge in [-0.05, 0) is 30.5 Å². The SMILES string of the molecule is O=C(NCC(=O)N1CCC[C@@H]1c1ncc(Cc2ccccc2Cl)o1)c1cncc(O)c1. The fourth-order valence-electron chi connectivity index (χ4n) is 3.62. The molecule has 3 aromatic rings. The van der Waals surface area contributed by atoms with Crippen LogP contribution >= 0.6 is 11.6 Å². The number of pyridine rings is 1. The quantitative estimate of drug-likeness (QED) is 0.609. The Balaban J connectivity index is 1.38. The minimum absolute atomic E-state index is 0.116. The maximum absolute atomic E-state index is 12.7. The lowest BCUT2D eigenvalue weighted by molar-refractivity contribution is -0.131. The van der Waals surface area contributed by atoms with Gasteiger partial charge in [0.1, 0.15) is 17.6 Å². The van der Waals surface area contributed by atoms with E-state index in [4.69, 9.17) is 16.0 Å². The van der Waals surface area contributed by atoms with Crippen molar-refractivity contribution in [2.24, 2.45) is 0 Å². The number of amides is 2. The lowest BCUT2D eigenvalue weighted by atomic mass is 10.1. The Bertz CT molecular complexity index is 1100. The molecule has 31 heavy (non-hydrogen) atoms. The first-order valence-electron chi connectivity index (χ1n) is 9.91. The van der Waals surface area contributed by atoms with Gasteiger partial charge in [0, 0.05) is 24.2 Å². The molecule has 2 amide bonds. The van der Waals surface area contributed by atoms with Gasteiger partial charge in [0.25, 0.3) is 5.91 Å². The highest BCUT2D eigenvalue weighted by molar-refractivity contribution is 6.31. The number of carbonyl (C=O) groups is 2. The van der Waals surface area contributed by atoms with Crippen LogP contribution in [-0.2, 0) is 11.2 Å². The van der Waals surface area contributed by atoms with Gasteiger partial charge in [-0.15, -0.1) is 0 Å². The number of carbonyl (C=O) groups excluding carboxylic acids is 2. The summed E-state index contributed by atoms with van der Waals surface area (Å²) in [5, 5.41) is 12.7. The fraction of sp³-hybridized carbons (Fsp3) is 0.273. The minimum atomic E-state index is -0.481. The van der Waals surface area contributed by atoms with E-state index in [0.717, 1.165) is 18.4 Å². The van der Waals surface area contributed by atoms with Crippen LogP contribution in [0.15, 0.2) is 53.3 Å². The average molecular weight is 441 g/mol. The molecule has 1 atom stereocenters. The number of oxazole rings is 1. The van der Waals surface area contributed by atoms with Gasteiger partial charge in [-0.25, -0.2) is 4.98 Å². The molecule has 1 saturated heterocycles. The highest BCUT2D eigenvalue weighted by atomic mass is 35.5. The van der Waals surface area contributed by atoms with Crippen LogP contribution < -0.4 is 5.32 Å². The molecule has 0 spiro atoms. The standard InChI is InChI=1S/C22H21ClN4O4/c23-18-5-2-1-4-14(18)9-17-12-26-22(31-17)19-6-3-7-27(19)20(29)13-25-21(30)15-8-16(28)11-24-10-15/h1-2,4-5,8,10-12,19,28H,3,6-7,9,13H2,(H,25,30)/t19-/m1/s1. The van der Waals surface area contributed by atoms with Crippen molar-refractivity contribution in [2.45, 2.75) is 25.3 Å². The topological polar surface area (TPSA) is 109 Å². The van der Waals surface area contributed by atoms with Crippen LogP contribution in [0.2, 0.25) is 5.02 Å². The van der Waals surface area contributed by atoms with Crippen LogP contribution in [0.4, 0.5) is 0 Å². The molecule has 1 aliphatic heterocycles. The van der Waals surface area contributed by atoms with E-state index in [9.17, 15) is 14.7 Å². The first kappa shape index (κ1) is 20.9. The van der Waals surface area contributed by atoms with Gasteiger partial charge < -0.3 is 19.7 Å². The third-order valence-corrected chi connectivity index (χ3v) is 5.51. The number of hydrogen-bond donors (Lipinski definition) is 2. The lowest BCUT2D eigenvalue weighted by Crippen LogP contribution is -2.40. The van der Waals surface area contributed by atoms with Gasteiger partial charge >= 0.3 is 0 Å². The Morgan fingerprint density at radius 1 is 1.26 bits per heavy atom. The average Bonchev–Trinajstić information content (AvgIpc) is 3.43. The molecule has 0 unspecified atom stereocenters. The van der Waals surface area contributed by atoms with Gasteiger partial charge in [0.2, 0.25) is 11.8 Å². The predicted octanol–water partition coefficient (Wildman–Crippen LogP) is 3.11. The molecule has 8 nitrogen and oxygen atoms in total. The van der Waals surface area contributed by atoms with E-state index in [1.165, 1.54) is 18.5 Å².